The van der Waals surface area contributed by atoms with Gasteiger partial charge in [-0.25, -0.2) is 4.79 Å². The van der Waals surface area contributed by atoms with Gasteiger partial charge in [-0.2, -0.15) is 0 Å². The highest BCUT2D eigenvalue weighted by Crippen LogP contribution is 2.38. The molecule has 2 fully saturated rings. The molecule has 2 atom stereocenters. The Labute approximate surface area is 149 Å². The second-order valence-electron chi connectivity index (χ2n) is 6.50. The molecule has 0 radical (unpaired) electrons. The van der Waals surface area contributed by atoms with Crippen molar-refractivity contribution in [2.24, 2.45) is 5.92 Å². The molecule has 3 rings (SSSR count). The minimum absolute atomic E-state index is 0.0841. The Morgan fingerprint density at radius 1 is 1.42 bits per heavy atom. The molecule has 1 heterocycles. The van der Waals surface area contributed by atoms with Crippen LogP contribution in [-0.4, -0.2) is 34.8 Å². The molecule has 4 amide bonds. The number of rotatable bonds is 3. The number of halogens is 1. The van der Waals surface area contributed by atoms with Crippen LogP contribution in [0.3, 0.4) is 0 Å². The van der Waals surface area contributed by atoms with Crippen LogP contribution in [-0.2, 0) is 9.59 Å². The summed E-state index contributed by atoms with van der Waals surface area (Å²) in [6.45, 7) is 1.72. The second kappa shape index (κ2) is 6.55. The maximum absolute atomic E-state index is 12.8. The third kappa shape index (κ3) is 3.05. The van der Waals surface area contributed by atoms with Crippen LogP contribution in [0.2, 0.25) is 0 Å². The van der Waals surface area contributed by atoms with E-state index in [-0.39, 0.29) is 18.4 Å². The summed E-state index contributed by atoms with van der Waals surface area (Å²) in [5.41, 5.74) is -0.215. The lowest BCUT2D eigenvalue weighted by Crippen LogP contribution is -2.54. The quantitative estimate of drug-likeness (QED) is 0.774. The Kier molecular flexibility index (Phi) is 4.62. The SMILES string of the molecule is C[C@@H]1CCCC[C@@]12NC(=O)N(CC(=O)Nc1cccc(Br)c1)C2=O. The van der Waals surface area contributed by atoms with Crippen LogP contribution in [0.1, 0.15) is 32.6 Å². The summed E-state index contributed by atoms with van der Waals surface area (Å²) in [6, 6.07) is 6.68. The average molecular weight is 394 g/mol. The highest BCUT2D eigenvalue weighted by Gasteiger charge is 2.55. The van der Waals surface area contributed by atoms with Crippen molar-refractivity contribution in [2.45, 2.75) is 38.1 Å². The molecular weight excluding hydrogens is 374 g/mol. The van der Waals surface area contributed by atoms with Gasteiger partial charge in [0.2, 0.25) is 5.91 Å². The van der Waals surface area contributed by atoms with Gasteiger partial charge in [-0.1, -0.05) is 41.8 Å². The van der Waals surface area contributed by atoms with Crippen molar-refractivity contribution < 1.29 is 14.4 Å². The summed E-state index contributed by atoms with van der Waals surface area (Å²) in [7, 11) is 0. The summed E-state index contributed by atoms with van der Waals surface area (Å²) in [4.78, 5) is 38.3. The average Bonchev–Trinajstić information content (AvgIpc) is 2.75. The van der Waals surface area contributed by atoms with Crippen LogP contribution < -0.4 is 10.6 Å². The number of carbonyl (C=O) groups is 3. The molecule has 2 N–H and O–H groups in total. The molecule has 1 aliphatic heterocycles. The summed E-state index contributed by atoms with van der Waals surface area (Å²) >= 11 is 3.33. The fraction of sp³-hybridized carbons (Fsp3) is 0.471. The minimum atomic E-state index is -0.828. The Balaban J connectivity index is 1.70. The molecule has 1 saturated heterocycles. The standard InChI is InChI=1S/C17H20BrN3O3/c1-11-5-2-3-8-17(11)15(23)21(16(24)20-17)10-14(22)19-13-7-4-6-12(18)9-13/h4,6-7,9,11H,2-3,5,8,10H2,1H3,(H,19,22)(H,20,24)/t11-,17-/m1/s1. The molecule has 2 aliphatic rings. The monoisotopic (exact) mass is 393 g/mol. The lowest BCUT2D eigenvalue weighted by molar-refractivity contribution is -0.136. The number of imide groups is 1. The number of nitrogens with one attached hydrogen (secondary N) is 2. The summed E-state index contributed by atoms with van der Waals surface area (Å²) in [5, 5.41) is 5.56. The maximum atomic E-state index is 12.8. The van der Waals surface area contributed by atoms with Gasteiger partial charge in [-0.3, -0.25) is 14.5 Å². The third-order valence-corrected chi connectivity index (χ3v) is 5.40. The van der Waals surface area contributed by atoms with Crippen molar-refractivity contribution >= 4 is 39.5 Å². The van der Waals surface area contributed by atoms with Gasteiger partial charge in [0.15, 0.2) is 0 Å². The fourth-order valence-corrected chi connectivity index (χ4v) is 3.95. The van der Waals surface area contributed by atoms with E-state index in [1.165, 1.54) is 0 Å². The first-order valence-corrected chi connectivity index (χ1v) is 8.91. The van der Waals surface area contributed by atoms with Crippen molar-refractivity contribution in [3.05, 3.63) is 28.7 Å². The molecule has 1 aromatic rings. The highest BCUT2D eigenvalue weighted by atomic mass is 79.9. The number of urea groups is 1. The van der Waals surface area contributed by atoms with Gasteiger partial charge in [0.1, 0.15) is 12.1 Å². The van der Waals surface area contributed by atoms with E-state index in [0.717, 1.165) is 28.6 Å². The van der Waals surface area contributed by atoms with Crippen LogP contribution in [0.5, 0.6) is 0 Å². The van der Waals surface area contributed by atoms with E-state index in [1.54, 1.807) is 18.2 Å². The number of hydrogen-bond acceptors (Lipinski definition) is 3. The van der Waals surface area contributed by atoms with Gasteiger partial charge in [0.25, 0.3) is 5.91 Å². The Hall–Kier alpha value is -1.89. The molecule has 0 bridgehead atoms. The van der Waals surface area contributed by atoms with Crippen LogP contribution >= 0.6 is 15.9 Å². The normalized spacial score (nSPS) is 26.6. The number of hydrogen-bond donors (Lipinski definition) is 2. The second-order valence-corrected chi connectivity index (χ2v) is 7.41. The van der Waals surface area contributed by atoms with Gasteiger partial charge in [0, 0.05) is 10.2 Å². The summed E-state index contributed by atoms with van der Waals surface area (Å²) in [6.07, 6.45) is 3.52. The van der Waals surface area contributed by atoms with Crippen molar-refractivity contribution in [1.82, 2.24) is 10.2 Å². The predicted octanol–water partition coefficient (Wildman–Crippen LogP) is 2.89. The Bertz CT molecular complexity index is 693. The number of nitrogens with zero attached hydrogens (tertiary/aromatic N) is 1. The maximum Gasteiger partial charge on any atom is 0.325 e. The van der Waals surface area contributed by atoms with E-state index in [4.69, 9.17) is 0 Å². The van der Waals surface area contributed by atoms with E-state index in [2.05, 4.69) is 26.6 Å². The minimum Gasteiger partial charge on any atom is -0.324 e. The zero-order valence-corrected chi connectivity index (χ0v) is 15.1. The van der Waals surface area contributed by atoms with Gasteiger partial charge >= 0.3 is 6.03 Å². The summed E-state index contributed by atoms with van der Waals surface area (Å²) in [5.74, 6) is -0.581. The van der Waals surface area contributed by atoms with Crippen LogP contribution in [0.4, 0.5) is 10.5 Å². The van der Waals surface area contributed by atoms with Crippen LogP contribution in [0, 0.1) is 5.92 Å². The van der Waals surface area contributed by atoms with Gasteiger partial charge in [0.05, 0.1) is 0 Å². The molecule has 1 aromatic carbocycles. The van der Waals surface area contributed by atoms with Gasteiger partial charge in [-0.05, 0) is 37.0 Å². The van der Waals surface area contributed by atoms with Crippen molar-refractivity contribution in [2.75, 3.05) is 11.9 Å². The first-order valence-electron chi connectivity index (χ1n) is 8.12. The topological polar surface area (TPSA) is 78.5 Å². The van der Waals surface area contributed by atoms with E-state index in [9.17, 15) is 14.4 Å². The van der Waals surface area contributed by atoms with Crippen LogP contribution in [0.15, 0.2) is 28.7 Å². The van der Waals surface area contributed by atoms with Crippen molar-refractivity contribution in [3.8, 4) is 0 Å². The number of carbonyl (C=O) groups excluding carboxylic acids is 3. The fourth-order valence-electron chi connectivity index (χ4n) is 3.55. The van der Waals surface area contributed by atoms with Crippen molar-refractivity contribution in [3.63, 3.8) is 0 Å². The molecular formula is C17H20BrN3O3. The summed E-state index contributed by atoms with van der Waals surface area (Å²) < 4.78 is 0.838. The number of amides is 4. The molecule has 0 aromatic heterocycles. The first-order chi connectivity index (χ1) is 11.4. The molecule has 0 unspecified atom stereocenters. The lowest BCUT2D eigenvalue weighted by Gasteiger charge is -2.36. The van der Waals surface area contributed by atoms with E-state index >= 15 is 0 Å². The Morgan fingerprint density at radius 3 is 2.92 bits per heavy atom. The van der Waals surface area contributed by atoms with Crippen molar-refractivity contribution in [1.29, 1.82) is 0 Å². The Morgan fingerprint density at radius 2 is 2.21 bits per heavy atom. The smallest absolute Gasteiger partial charge is 0.324 e. The molecule has 128 valence electrons. The molecule has 1 saturated carbocycles. The lowest BCUT2D eigenvalue weighted by atomic mass is 9.73. The molecule has 7 heteroatoms. The first kappa shape index (κ1) is 17.0. The van der Waals surface area contributed by atoms with Gasteiger partial charge < -0.3 is 10.6 Å². The van der Waals surface area contributed by atoms with Crippen LogP contribution in [0.25, 0.3) is 0 Å². The largest absolute Gasteiger partial charge is 0.325 e. The molecule has 1 aliphatic carbocycles. The molecule has 6 nitrogen and oxygen atoms in total. The van der Waals surface area contributed by atoms with E-state index in [1.807, 2.05) is 13.0 Å². The zero-order valence-electron chi connectivity index (χ0n) is 13.5. The predicted molar refractivity (Wildman–Crippen MR) is 93.4 cm³/mol. The zero-order chi connectivity index (χ0) is 17.3. The number of anilines is 1. The third-order valence-electron chi connectivity index (χ3n) is 4.91. The van der Waals surface area contributed by atoms with E-state index < -0.39 is 17.5 Å². The van der Waals surface area contributed by atoms with E-state index in [0.29, 0.717) is 12.1 Å². The highest BCUT2D eigenvalue weighted by molar-refractivity contribution is 9.10. The molecule has 24 heavy (non-hydrogen) atoms. The number of benzene rings is 1. The molecule has 1 spiro atoms. The van der Waals surface area contributed by atoms with Gasteiger partial charge in [-0.15, -0.1) is 0 Å².